The first-order chi connectivity index (χ1) is 6.27. The van der Waals surface area contributed by atoms with Crippen LogP contribution < -0.4 is 11.1 Å². The molecule has 1 fully saturated rings. The highest BCUT2D eigenvalue weighted by atomic mass is 14.9. The Hall–Kier alpha value is -1.02. The molecule has 1 aliphatic heterocycles. The van der Waals surface area contributed by atoms with E-state index >= 15 is 0 Å². The Labute approximate surface area is 79.1 Å². The zero-order valence-corrected chi connectivity index (χ0v) is 8.01. The molecule has 0 spiro atoms. The van der Waals surface area contributed by atoms with Crippen LogP contribution in [0.5, 0.6) is 0 Å². The van der Waals surface area contributed by atoms with Gasteiger partial charge in [-0.05, 0) is 43.5 Å². The maximum atomic E-state index is 5.77. The predicted octanol–water partition coefficient (Wildman–Crippen LogP) is 2.00. The molecule has 1 aromatic rings. The summed E-state index contributed by atoms with van der Waals surface area (Å²) in [5.41, 5.74) is 9.22. The molecule has 1 atom stereocenters. The normalized spacial score (nSPS) is 22.1. The number of nitrogens with two attached hydrogens (primary N) is 1. The van der Waals surface area contributed by atoms with E-state index in [4.69, 9.17) is 5.73 Å². The number of rotatable bonds is 1. The lowest BCUT2D eigenvalue weighted by atomic mass is 10.0. The topological polar surface area (TPSA) is 38.0 Å². The minimum absolute atomic E-state index is 0.555. The van der Waals surface area contributed by atoms with E-state index in [1.54, 1.807) is 0 Å². The Balaban J connectivity index is 2.25. The van der Waals surface area contributed by atoms with E-state index in [-0.39, 0.29) is 0 Å². The van der Waals surface area contributed by atoms with Crippen LogP contribution in [0.25, 0.3) is 0 Å². The van der Waals surface area contributed by atoms with Crippen molar-refractivity contribution < 1.29 is 0 Å². The van der Waals surface area contributed by atoms with Gasteiger partial charge < -0.3 is 11.1 Å². The molecule has 0 radical (unpaired) electrons. The van der Waals surface area contributed by atoms with Gasteiger partial charge in [-0.1, -0.05) is 12.1 Å². The fourth-order valence-electron chi connectivity index (χ4n) is 1.88. The van der Waals surface area contributed by atoms with Gasteiger partial charge in [0, 0.05) is 11.7 Å². The Bertz CT molecular complexity index is 301. The van der Waals surface area contributed by atoms with Crippen LogP contribution in [0.1, 0.15) is 30.0 Å². The molecule has 0 aromatic heterocycles. The summed E-state index contributed by atoms with van der Waals surface area (Å²) in [5.74, 6) is 0. The van der Waals surface area contributed by atoms with Gasteiger partial charge in [-0.15, -0.1) is 0 Å². The van der Waals surface area contributed by atoms with Crippen LogP contribution in [-0.4, -0.2) is 6.54 Å². The van der Waals surface area contributed by atoms with E-state index in [1.165, 1.54) is 24.0 Å². The zero-order chi connectivity index (χ0) is 9.26. The third-order valence-electron chi connectivity index (χ3n) is 2.76. The van der Waals surface area contributed by atoms with Crippen molar-refractivity contribution in [1.29, 1.82) is 0 Å². The molecule has 1 aliphatic rings. The third kappa shape index (κ3) is 1.68. The number of nitrogen functional groups attached to an aromatic ring is 1. The minimum Gasteiger partial charge on any atom is -0.399 e. The summed E-state index contributed by atoms with van der Waals surface area (Å²) in [4.78, 5) is 0. The average Bonchev–Trinajstić information content (AvgIpc) is 2.62. The first-order valence-electron chi connectivity index (χ1n) is 4.87. The van der Waals surface area contributed by atoms with E-state index in [9.17, 15) is 0 Å². The molecule has 70 valence electrons. The van der Waals surface area contributed by atoms with Crippen molar-refractivity contribution in [3.8, 4) is 0 Å². The van der Waals surface area contributed by atoms with Crippen molar-refractivity contribution in [2.45, 2.75) is 25.8 Å². The molecule has 1 saturated heterocycles. The van der Waals surface area contributed by atoms with E-state index in [0.717, 1.165) is 12.2 Å². The van der Waals surface area contributed by atoms with Crippen LogP contribution in [0.2, 0.25) is 0 Å². The van der Waals surface area contributed by atoms with Crippen molar-refractivity contribution in [3.63, 3.8) is 0 Å². The molecule has 3 N–H and O–H groups in total. The summed E-state index contributed by atoms with van der Waals surface area (Å²) >= 11 is 0. The molecule has 2 rings (SSSR count). The largest absolute Gasteiger partial charge is 0.399 e. The summed E-state index contributed by atoms with van der Waals surface area (Å²) in [6.07, 6.45) is 2.54. The summed E-state index contributed by atoms with van der Waals surface area (Å²) in [6, 6.07) is 6.88. The number of benzene rings is 1. The standard InChI is InChI=1S/C11H16N2/c1-8-7-9(4-5-10(8)12)11-3-2-6-13-11/h4-5,7,11,13H,2-3,6,12H2,1H3/t11-/m0/s1. The van der Waals surface area contributed by atoms with Crippen LogP contribution >= 0.6 is 0 Å². The highest BCUT2D eigenvalue weighted by molar-refractivity contribution is 5.48. The molecular weight excluding hydrogens is 160 g/mol. The molecule has 1 heterocycles. The van der Waals surface area contributed by atoms with E-state index in [2.05, 4.69) is 24.4 Å². The number of nitrogens with one attached hydrogen (secondary N) is 1. The number of anilines is 1. The van der Waals surface area contributed by atoms with Gasteiger partial charge in [0.25, 0.3) is 0 Å². The van der Waals surface area contributed by atoms with Crippen LogP contribution in [0.15, 0.2) is 18.2 Å². The fourth-order valence-corrected chi connectivity index (χ4v) is 1.88. The molecule has 2 heteroatoms. The Kier molecular flexibility index (Phi) is 2.23. The second-order valence-corrected chi connectivity index (χ2v) is 3.76. The SMILES string of the molecule is Cc1cc([C@@H]2CCCN2)ccc1N. The van der Waals surface area contributed by atoms with E-state index in [1.807, 2.05) is 6.07 Å². The maximum absolute atomic E-state index is 5.77. The summed E-state index contributed by atoms with van der Waals surface area (Å²) in [5, 5.41) is 3.48. The van der Waals surface area contributed by atoms with Crippen LogP contribution in [0.4, 0.5) is 5.69 Å². The second-order valence-electron chi connectivity index (χ2n) is 3.76. The molecule has 0 unspecified atom stereocenters. The lowest BCUT2D eigenvalue weighted by Gasteiger charge is -2.11. The predicted molar refractivity (Wildman–Crippen MR) is 55.6 cm³/mol. The molecule has 2 nitrogen and oxygen atoms in total. The second kappa shape index (κ2) is 3.38. The molecule has 13 heavy (non-hydrogen) atoms. The monoisotopic (exact) mass is 176 g/mol. The highest BCUT2D eigenvalue weighted by Gasteiger charge is 2.15. The van der Waals surface area contributed by atoms with Crippen molar-refractivity contribution >= 4 is 5.69 Å². The Morgan fingerprint density at radius 3 is 2.92 bits per heavy atom. The zero-order valence-electron chi connectivity index (χ0n) is 8.01. The molecule has 0 amide bonds. The van der Waals surface area contributed by atoms with Crippen LogP contribution in [0.3, 0.4) is 0 Å². The Morgan fingerprint density at radius 1 is 1.46 bits per heavy atom. The average molecular weight is 176 g/mol. The lowest BCUT2D eigenvalue weighted by Crippen LogP contribution is -2.12. The Morgan fingerprint density at radius 2 is 2.31 bits per heavy atom. The van der Waals surface area contributed by atoms with Gasteiger partial charge in [0.2, 0.25) is 0 Å². The molecular formula is C11H16N2. The van der Waals surface area contributed by atoms with Crippen LogP contribution in [-0.2, 0) is 0 Å². The molecule has 0 bridgehead atoms. The van der Waals surface area contributed by atoms with Crippen molar-refractivity contribution in [1.82, 2.24) is 5.32 Å². The minimum atomic E-state index is 0.555. The van der Waals surface area contributed by atoms with Gasteiger partial charge in [-0.3, -0.25) is 0 Å². The van der Waals surface area contributed by atoms with Gasteiger partial charge in [-0.2, -0.15) is 0 Å². The summed E-state index contributed by atoms with van der Waals surface area (Å²) in [7, 11) is 0. The molecule has 0 saturated carbocycles. The van der Waals surface area contributed by atoms with Gasteiger partial charge in [0.05, 0.1) is 0 Å². The van der Waals surface area contributed by atoms with Gasteiger partial charge >= 0.3 is 0 Å². The smallest absolute Gasteiger partial charge is 0.0343 e. The maximum Gasteiger partial charge on any atom is 0.0343 e. The molecule has 0 aliphatic carbocycles. The molecule has 1 aromatic carbocycles. The fraction of sp³-hybridized carbons (Fsp3) is 0.455. The number of hydrogen-bond donors (Lipinski definition) is 2. The highest BCUT2D eigenvalue weighted by Crippen LogP contribution is 2.25. The summed E-state index contributed by atoms with van der Waals surface area (Å²) < 4.78 is 0. The number of hydrogen-bond acceptors (Lipinski definition) is 2. The van der Waals surface area contributed by atoms with Crippen molar-refractivity contribution in [2.24, 2.45) is 0 Å². The van der Waals surface area contributed by atoms with Crippen LogP contribution in [0, 0.1) is 6.92 Å². The first kappa shape index (κ1) is 8.57. The first-order valence-corrected chi connectivity index (χ1v) is 4.87. The van der Waals surface area contributed by atoms with Gasteiger partial charge in [0.1, 0.15) is 0 Å². The van der Waals surface area contributed by atoms with Crippen molar-refractivity contribution in [2.75, 3.05) is 12.3 Å². The van der Waals surface area contributed by atoms with Crippen molar-refractivity contribution in [3.05, 3.63) is 29.3 Å². The quantitative estimate of drug-likeness (QED) is 0.642. The van der Waals surface area contributed by atoms with Gasteiger partial charge in [-0.25, -0.2) is 0 Å². The van der Waals surface area contributed by atoms with E-state index < -0.39 is 0 Å². The number of aryl methyl sites for hydroxylation is 1. The van der Waals surface area contributed by atoms with E-state index in [0.29, 0.717) is 6.04 Å². The van der Waals surface area contributed by atoms with Gasteiger partial charge in [0.15, 0.2) is 0 Å². The summed E-state index contributed by atoms with van der Waals surface area (Å²) in [6.45, 7) is 3.21. The lowest BCUT2D eigenvalue weighted by molar-refractivity contribution is 0.647. The third-order valence-corrected chi connectivity index (χ3v) is 2.76.